The normalized spacial score (nSPS) is 11.9. The van der Waals surface area contributed by atoms with Crippen LogP contribution in [0.15, 0.2) is 65.6 Å². The van der Waals surface area contributed by atoms with Crippen LogP contribution in [0.25, 0.3) is 0 Å². The quantitative estimate of drug-likeness (QED) is 0.305. The van der Waals surface area contributed by atoms with E-state index in [1.807, 2.05) is 58.0 Å². The summed E-state index contributed by atoms with van der Waals surface area (Å²) in [5, 5.41) is 2.86. The van der Waals surface area contributed by atoms with Crippen LogP contribution in [0.1, 0.15) is 42.5 Å². The lowest BCUT2D eigenvalue weighted by Crippen LogP contribution is -2.51. The number of rotatable bonds is 13. The van der Waals surface area contributed by atoms with E-state index in [0.717, 1.165) is 33.0 Å². The molecule has 0 aliphatic heterocycles. The Morgan fingerprint density at radius 3 is 2.14 bits per heavy atom. The summed E-state index contributed by atoms with van der Waals surface area (Å²) in [6.45, 7) is 9.36. The smallest absolute Gasteiger partial charge is 0.264 e. The number of methoxy groups -OCH3 is 2. The van der Waals surface area contributed by atoms with Crippen molar-refractivity contribution in [3.63, 3.8) is 0 Å². The molecular weight excluding hydrogens is 554 g/mol. The number of hydrogen-bond acceptors (Lipinski definition) is 6. The van der Waals surface area contributed by atoms with Gasteiger partial charge >= 0.3 is 0 Å². The summed E-state index contributed by atoms with van der Waals surface area (Å²) in [4.78, 5) is 28.6. The Morgan fingerprint density at radius 1 is 0.905 bits per heavy atom. The summed E-state index contributed by atoms with van der Waals surface area (Å²) in [7, 11) is -1.38. The third-order valence-corrected chi connectivity index (χ3v) is 8.80. The van der Waals surface area contributed by atoms with Gasteiger partial charge in [0.25, 0.3) is 10.0 Å². The maximum atomic E-state index is 14.2. The molecule has 3 aromatic rings. The zero-order valence-corrected chi connectivity index (χ0v) is 26.2. The SMILES string of the molecule is CCCNC(=O)[C@H](C)N(Cc1ccccc1C)C(=O)CN(c1cc(C)cc(C)c1)S(=O)(=O)c1ccc(OC)c(OC)c1. The lowest BCUT2D eigenvalue weighted by atomic mass is 10.1. The number of hydrogen-bond donors (Lipinski definition) is 1. The molecule has 3 rings (SSSR count). The molecule has 0 heterocycles. The van der Waals surface area contributed by atoms with Crippen LogP contribution in [0.5, 0.6) is 11.5 Å². The summed E-state index contributed by atoms with van der Waals surface area (Å²) in [5.74, 6) is -0.199. The van der Waals surface area contributed by atoms with Crippen molar-refractivity contribution in [2.75, 3.05) is 31.6 Å². The van der Waals surface area contributed by atoms with Gasteiger partial charge < -0.3 is 19.7 Å². The standard InChI is InChI=1S/C32H41N3O6S/c1-8-15-33-32(37)25(5)34(20-26-12-10-9-11-24(26)4)31(36)21-35(27-17-22(2)16-23(3)18-27)42(38,39)28-13-14-29(40-6)30(19-28)41-7/h9-14,16-19,25H,8,15,20-21H2,1-7H3,(H,33,37)/t25-/m0/s1. The van der Waals surface area contributed by atoms with Crippen LogP contribution < -0.4 is 19.1 Å². The number of carbonyl (C=O) groups excluding carboxylic acids is 2. The minimum atomic E-state index is -4.27. The van der Waals surface area contributed by atoms with Crippen LogP contribution in [0, 0.1) is 20.8 Å². The molecule has 1 N–H and O–H groups in total. The topological polar surface area (TPSA) is 105 Å². The minimum absolute atomic E-state index is 0.0636. The highest BCUT2D eigenvalue weighted by Gasteiger charge is 2.33. The summed E-state index contributed by atoms with van der Waals surface area (Å²) < 4.78 is 40.2. The average molecular weight is 596 g/mol. The van der Waals surface area contributed by atoms with Crippen LogP contribution >= 0.6 is 0 Å². The van der Waals surface area contributed by atoms with E-state index in [1.165, 1.54) is 37.3 Å². The second-order valence-electron chi connectivity index (χ2n) is 10.3. The van der Waals surface area contributed by atoms with Gasteiger partial charge in [0.1, 0.15) is 12.6 Å². The number of aryl methyl sites for hydroxylation is 3. The van der Waals surface area contributed by atoms with Gasteiger partial charge in [-0.25, -0.2) is 8.42 Å². The first-order valence-electron chi connectivity index (χ1n) is 13.9. The summed E-state index contributed by atoms with van der Waals surface area (Å²) in [5.41, 5.74) is 3.85. The van der Waals surface area contributed by atoms with Crippen LogP contribution in [-0.2, 0) is 26.2 Å². The monoisotopic (exact) mass is 595 g/mol. The first-order valence-corrected chi connectivity index (χ1v) is 15.3. The zero-order chi connectivity index (χ0) is 31.0. The summed E-state index contributed by atoms with van der Waals surface area (Å²) in [6, 6.07) is 16.4. The molecule has 9 nitrogen and oxygen atoms in total. The number of benzene rings is 3. The Labute approximate surface area is 249 Å². The molecule has 0 aliphatic carbocycles. The Balaban J connectivity index is 2.11. The van der Waals surface area contributed by atoms with E-state index in [0.29, 0.717) is 18.0 Å². The van der Waals surface area contributed by atoms with Gasteiger partial charge in [0.2, 0.25) is 11.8 Å². The molecule has 2 amide bonds. The Kier molecular flexibility index (Phi) is 11.0. The number of nitrogens with zero attached hydrogens (tertiary/aromatic N) is 2. The van der Waals surface area contributed by atoms with Crippen LogP contribution in [0.2, 0.25) is 0 Å². The molecule has 42 heavy (non-hydrogen) atoms. The lowest BCUT2D eigenvalue weighted by Gasteiger charge is -2.32. The molecule has 3 aromatic carbocycles. The number of anilines is 1. The number of nitrogens with one attached hydrogen (secondary N) is 1. The van der Waals surface area contributed by atoms with E-state index in [-0.39, 0.29) is 23.1 Å². The third kappa shape index (κ3) is 7.61. The summed E-state index contributed by atoms with van der Waals surface area (Å²) >= 11 is 0. The Morgan fingerprint density at radius 2 is 1.55 bits per heavy atom. The van der Waals surface area contributed by atoms with Gasteiger partial charge in [0, 0.05) is 19.2 Å². The van der Waals surface area contributed by atoms with Gasteiger partial charge in [-0.1, -0.05) is 37.3 Å². The van der Waals surface area contributed by atoms with E-state index >= 15 is 0 Å². The van der Waals surface area contributed by atoms with E-state index < -0.39 is 28.5 Å². The summed E-state index contributed by atoms with van der Waals surface area (Å²) in [6.07, 6.45) is 0.744. The van der Waals surface area contributed by atoms with Crippen molar-refractivity contribution in [2.24, 2.45) is 0 Å². The zero-order valence-electron chi connectivity index (χ0n) is 25.4. The van der Waals surface area contributed by atoms with Crippen LogP contribution in [0.4, 0.5) is 5.69 Å². The molecule has 10 heteroatoms. The highest BCUT2D eigenvalue weighted by atomic mass is 32.2. The second-order valence-corrected chi connectivity index (χ2v) is 12.2. The van der Waals surface area contributed by atoms with E-state index in [4.69, 9.17) is 9.47 Å². The molecule has 0 saturated carbocycles. The van der Waals surface area contributed by atoms with Crippen molar-refractivity contribution >= 4 is 27.5 Å². The molecular formula is C32H41N3O6S. The van der Waals surface area contributed by atoms with Gasteiger partial charge in [0.15, 0.2) is 11.5 Å². The van der Waals surface area contributed by atoms with Crippen molar-refractivity contribution in [1.29, 1.82) is 0 Å². The molecule has 226 valence electrons. The first kappa shape index (κ1) is 32.5. The van der Waals surface area contributed by atoms with E-state index in [2.05, 4.69) is 5.32 Å². The molecule has 0 unspecified atom stereocenters. The van der Waals surface area contributed by atoms with Crippen molar-refractivity contribution in [3.05, 3.63) is 82.9 Å². The predicted octanol–water partition coefficient (Wildman–Crippen LogP) is 4.77. The molecule has 0 spiro atoms. The lowest BCUT2D eigenvalue weighted by molar-refractivity contribution is -0.139. The maximum Gasteiger partial charge on any atom is 0.264 e. The molecule has 0 saturated heterocycles. The second kappa shape index (κ2) is 14.2. The van der Waals surface area contributed by atoms with Gasteiger partial charge in [-0.05, 0) is 80.6 Å². The van der Waals surface area contributed by atoms with Crippen molar-refractivity contribution in [1.82, 2.24) is 10.2 Å². The fourth-order valence-electron chi connectivity index (χ4n) is 4.68. The third-order valence-electron chi connectivity index (χ3n) is 7.03. The van der Waals surface area contributed by atoms with Crippen molar-refractivity contribution in [3.8, 4) is 11.5 Å². The number of sulfonamides is 1. The minimum Gasteiger partial charge on any atom is -0.493 e. The first-order chi connectivity index (χ1) is 19.9. The van der Waals surface area contributed by atoms with Crippen LogP contribution in [-0.4, -0.2) is 58.5 Å². The van der Waals surface area contributed by atoms with Gasteiger partial charge in [-0.2, -0.15) is 0 Å². The van der Waals surface area contributed by atoms with Gasteiger partial charge in [-0.3, -0.25) is 13.9 Å². The molecule has 0 fully saturated rings. The molecule has 0 radical (unpaired) electrons. The molecule has 0 aromatic heterocycles. The molecule has 0 aliphatic rings. The maximum absolute atomic E-state index is 14.2. The number of carbonyl (C=O) groups is 2. The highest BCUT2D eigenvalue weighted by Crippen LogP contribution is 2.33. The fraction of sp³-hybridized carbons (Fsp3) is 0.375. The molecule has 1 atom stereocenters. The van der Waals surface area contributed by atoms with Crippen molar-refractivity contribution < 1.29 is 27.5 Å². The van der Waals surface area contributed by atoms with Crippen molar-refractivity contribution in [2.45, 2.75) is 58.5 Å². The Bertz CT molecular complexity index is 1500. The highest BCUT2D eigenvalue weighted by molar-refractivity contribution is 7.92. The predicted molar refractivity (Wildman–Crippen MR) is 164 cm³/mol. The van der Waals surface area contributed by atoms with Crippen LogP contribution in [0.3, 0.4) is 0 Å². The van der Waals surface area contributed by atoms with E-state index in [9.17, 15) is 18.0 Å². The van der Waals surface area contributed by atoms with E-state index in [1.54, 1.807) is 19.1 Å². The number of amides is 2. The number of ether oxygens (including phenoxy) is 2. The van der Waals surface area contributed by atoms with Gasteiger partial charge in [-0.15, -0.1) is 0 Å². The van der Waals surface area contributed by atoms with Gasteiger partial charge in [0.05, 0.1) is 24.8 Å². The molecule has 0 bridgehead atoms. The average Bonchev–Trinajstić information content (AvgIpc) is 2.96. The Hall–Kier alpha value is -4.05. The fourth-order valence-corrected chi connectivity index (χ4v) is 6.09. The largest absolute Gasteiger partial charge is 0.493 e.